The van der Waals surface area contributed by atoms with E-state index in [1.54, 1.807) is 38.2 Å². The molecule has 30 heavy (non-hydrogen) atoms. The van der Waals surface area contributed by atoms with E-state index in [0.717, 1.165) is 15.2 Å². The lowest BCUT2D eigenvalue weighted by Crippen LogP contribution is -2.37. The molecule has 0 aliphatic heterocycles. The van der Waals surface area contributed by atoms with Gasteiger partial charge in [0.25, 0.3) is 5.91 Å². The largest absolute Gasteiger partial charge is 0.449 e. The number of carbonyl (C=O) groups is 2. The smallest absolute Gasteiger partial charge is 0.338 e. The van der Waals surface area contributed by atoms with E-state index in [0.29, 0.717) is 17.8 Å². The van der Waals surface area contributed by atoms with Crippen molar-refractivity contribution in [2.45, 2.75) is 19.6 Å². The van der Waals surface area contributed by atoms with Crippen LogP contribution >= 0.6 is 11.3 Å². The predicted molar refractivity (Wildman–Crippen MR) is 110 cm³/mol. The molecule has 0 radical (unpaired) electrons. The van der Waals surface area contributed by atoms with Gasteiger partial charge < -0.3 is 9.64 Å². The maximum atomic E-state index is 12.7. The third-order valence-corrected chi connectivity index (χ3v) is 5.43. The zero-order chi connectivity index (χ0) is 21.1. The minimum Gasteiger partial charge on any atom is -0.449 e. The fraction of sp³-hybridized carbons (Fsp3) is 0.200. The van der Waals surface area contributed by atoms with E-state index < -0.39 is 12.1 Å². The molecule has 1 unspecified atom stereocenters. The first-order valence-electron chi connectivity index (χ1n) is 9.15. The van der Waals surface area contributed by atoms with Gasteiger partial charge in [-0.15, -0.1) is 16.4 Å². The molecule has 2 heterocycles. The van der Waals surface area contributed by atoms with Crippen molar-refractivity contribution in [2.24, 2.45) is 0 Å². The van der Waals surface area contributed by atoms with Crippen molar-refractivity contribution in [1.29, 1.82) is 0 Å². The molecular weight excluding hydrogens is 404 g/mol. The molecule has 0 saturated carbocycles. The summed E-state index contributed by atoms with van der Waals surface area (Å²) in [6.45, 7) is 1.90. The molecule has 1 atom stereocenters. The molecule has 4 rings (SSSR count). The van der Waals surface area contributed by atoms with E-state index in [1.807, 2.05) is 24.3 Å². The van der Waals surface area contributed by atoms with E-state index in [9.17, 15) is 9.59 Å². The van der Waals surface area contributed by atoms with Crippen molar-refractivity contribution in [3.63, 3.8) is 0 Å². The number of likely N-dealkylation sites (N-methyl/N-ethyl adjacent to an activating group) is 1. The number of carbonyl (C=O) groups excluding carboxylic acids is 2. The lowest BCUT2D eigenvalue weighted by molar-refractivity contribution is -0.139. The molecule has 0 aliphatic rings. The molecule has 9 nitrogen and oxygen atoms in total. The Morgan fingerprint density at radius 2 is 2.03 bits per heavy atom. The van der Waals surface area contributed by atoms with Crippen LogP contribution in [0.1, 0.15) is 22.3 Å². The molecule has 2 aromatic carbocycles. The second-order valence-corrected chi connectivity index (χ2v) is 7.74. The molecule has 2 aromatic heterocycles. The van der Waals surface area contributed by atoms with Gasteiger partial charge in [-0.1, -0.05) is 18.2 Å². The van der Waals surface area contributed by atoms with Crippen molar-refractivity contribution in [3.05, 3.63) is 65.4 Å². The highest BCUT2D eigenvalue weighted by atomic mass is 32.1. The number of esters is 1. The number of benzene rings is 2. The van der Waals surface area contributed by atoms with Gasteiger partial charge in [-0.25, -0.2) is 14.5 Å². The number of nitrogens with zero attached hydrogens (tertiary/aromatic N) is 6. The quantitative estimate of drug-likeness (QED) is 0.440. The number of amides is 1. The second kappa shape index (κ2) is 8.37. The Kier molecular flexibility index (Phi) is 5.48. The van der Waals surface area contributed by atoms with Crippen LogP contribution in [0.15, 0.2) is 54.9 Å². The Bertz CT molecular complexity index is 1160. The highest BCUT2D eigenvalue weighted by molar-refractivity contribution is 7.18. The molecule has 0 saturated heterocycles. The van der Waals surface area contributed by atoms with Crippen molar-refractivity contribution in [1.82, 2.24) is 30.1 Å². The van der Waals surface area contributed by atoms with Gasteiger partial charge in [0.2, 0.25) is 0 Å². The van der Waals surface area contributed by atoms with Crippen LogP contribution in [0.2, 0.25) is 0 Å². The standard InChI is InChI=1S/C20H18N6O3S/c1-13(19(27)25(2)11-18-22-16-8-3-4-9-17(16)30-18)29-20(28)14-6-5-7-15(10-14)26-12-21-23-24-26/h3-10,12-13H,11H2,1-2H3. The highest BCUT2D eigenvalue weighted by Crippen LogP contribution is 2.22. The summed E-state index contributed by atoms with van der Waals surface area (Å²) in [5.41, 5.74) is 1.82. The molecule has 0 fully saturated rings. The number of para-hydroxylation sites is 1. The Labute approximate surface area is 175 Å². The van der Waals surface area contributed by atoms with Crippen LogP contribution in [0.25, 0.3) is 15.9 Å². The summed E-state index contributed by atoms with van der Waals surface area (Å²) in [6.07, 6.45) is 0.488. The molecule has 0 bridgehead atoms. The summed E-state index contributed by atoms with van der Waals surface area (Å²) in [5, 5.41) is 11.8. The van der Waals surface area contributed by atoms with Crippen molar-refractivity contribution in [3.8, 4) is 5.69 Å². The number of aromatic nitrogens is 5. The topological polar surface area (TPSA) is 103 Å². The first-order valence-corrected chi connectivity index (χ1v) is 9.97. The minimum absolute atomic E-state index is 0.302. The van der Waals surface area contributed by atoms with E-state index in [-0.39, 0.29) is 5.91 Å². The summed E-state index contributed by atoms with van der Waals surface area (Å²) < 4.78 is 7.87. The maximum Gasteiger partial charge on any atom is 0.338 e. The van der Waals surface area contributed by atoms with Crippen LogP contribution in [0.4, 0.5) is 0 Å². The third kappa shape index (κ3) is 4.18. The molecule has 4 aromatic rings. The van der Waals surface area contributed by atoms with Crippen LogP contribution in [-0.2, 0) is 16.1 Å². The number of ether oxygens (including phenoxy) is 1. The number of fused-ring (bicyclic) bond motifs is 1. The number of hydrogen-bond acceptors (Lipinski definition) is 8. The van der Waals surface area contributed by atoms with Crippen molar-refractivity contribution < 1.29 is 14.3 Å². The van der Waals surface area contributed by atoms with Gasteiger partial charge in [-0.2, -0.15) is 0 Å². The van der Waals surface area contributed by atoms with Crippen molar-refractivity contribution in [2.75, 3.05) is 7.05 Å². The monoisotopic (exact) mass is 422 g/mol. The van der Waals surface area contributed by atoms with Crippen LogP contribution < -0.4 is 0 Å². The maximum absolute atomic E-state index is 12.7. The SMILES string of the molecule is CC(OC(=O)c1cccc(-n2cnnn2)c1)C(=O)N(C)Cc1nc2ccccc2s1. The van der Waals surface area contributed by atoms with Gasteiger partial charge in [-0.3, -0.25) is 4.79 Å². The summed E-state index contributed by atoms with van der Waals surface area (Å²) in [7, 11) is 1.66. The zero-order valence-corrected chi connectivity index (χ0v) is 17.1. The number of hydrogen-bond donors (Lipinski definition) is 0. The van der Waals surface area contributed by atoms with Gasteiger partial charge in [0.05, 0.1) is 28.0 Å². The Morgan fingerprint density at radius 3 is 2.80 bits per heavy atom. The molecule has 10 heteroatoms. The first kappa shape index (κ1) is 19.6. The molecule has 0 N–H and O–H groups in total. The number of thiazole rings is 1. The molecular formula is C20H18N6O3S. The normalized spacial score (nSPS) is 11.9. The summed E-state index contributed by atoms with van der Waals surface area (Å²) >= 11 is 1.53. The van der Waals surface area contributed by atoms with Gasteiger partial charge in [-0.05, 0) is 47.7 Å². The average molecular weight is 422 g/mol. The second-order valence-electron chi connectivity index (χ2n) is 6.62. The fourth-order valence-electron chi connectivity index (χ4n) is 2.91. The Balaban J connectivity index is 1.40. The van der Waals surface area contributed by atoms with Gasteiger partial charge in [0.15, 0.2) is 6.10 Å². The first-order chi connectivity index (χ1) is 14.5. The number of tetrazole rings is 1. The third-order valence-electron chi connectivity index (χ3n) is 4.41. The van der Waals surface area contributed by atoms with E-state index in [2.05, 4.69) is 20.5 Å². The Hall–Kier alpha value is -3.66. The molecule has 152 valence electrons. The number of rotatable bonds is 6. The van der Waals surface area contributed by atoms with Crippen LogP contribution in [0.5, 0.6) is 0 Å². The van der Waals surface area contributed by atoms with Crippen LogP contribution in [0, 0.1) is 0 Å². The molecule has 0 spiro atoms. The average Bonchev–Trinajstić information content (AvgIpc) is 3.42. The zero-order valence-electron chi connectivity index (χ0n) is 16.3. The van der Waals surface area contributed by atoms with Gasteiger partial charge >= 0.3 is 5.97 Å². The van der Waals surface area contributed by atoms with Crippen molar-refractivity contribution >= 4 is 33.4 Å². The van der Waals surface area contributed by atoms with E-state index >= 15 is 0 Å². The summed E-state index contributed by atoms with van der Waals surface area (Å²) in [6, 6.07) is 14.5. The summed E-state index contributed by atoms with van der Waals surface area (Å²) in [5.74, 6) is -0.904. The molecule has 1 amide bonds. The lowest BCUT2D eigenvalue weighted by Gasteiger charge is -2.20. The van der Waals surface area contributed by atoms with E-state index in [4.69, 9.17) is 4.74 Å². The molecule has 0 aliphatic carbocycles. The van der Waals surface area contributed by atoms with Gasteiger partial charge in [0, 0.05) is 7.05 Å². The summed E-state index contributed by atoms with van der Waals surface area (Å²) in [4.78, 5) is 31.2. The lowest BCUT2D eigenvalue weighted by atomic mass is 10.2. The van der Waals surface area contributed by atoms with Crippen LogP contribution in [0.3, 0.4) is 0 Å². The highest BCUT2D eigenvalue weighted by Gasteiger charge is 2.23. The van der Waals surface area contributed by atoms with Crippen LogP contribution in [-0.4, -0.2) is 55.1 Å². The minimum atomic E-state index is -0.937. The fourth-order valence-corrected chi connectivity index (χ4v) is 3.93. The van der Waals surface area contributed by atoms with E-state index in [1.165, 1.54) is 27.2 Å². The Morgan fingerprint density at radius 1 is 1.20 bits per heavy atom. The predicted octanol–water partition coefficient (Wildman–Crippen LogP) is 2.48. The van der Waals surface area contributed by atoms with Gasteiger partial charge in [0.1, 0.15) is 11.3 Å².